The Morgan fingerprint density at radius 1 is 1.44 bits per heavy atom. The normalized spacial score (nSPS) is 26.3. The van der Waals surface area contributed by atoms with E-state index in [1.165, 1.54) is 12.4 Å². The second kappa shape index (κ2) is 7.02. The number of aliphatic hydroxyl groups is 3. The first-order valence-corrected chi connectivity index (χ1v) is 5.34. The number of primary amides is 1. The van der Waals surface area contributed by atoms with Crippen LogP contribution in [-0.2, 0) is 4.74 Å². The van der Waals surface area contributed by atoms with Crippen LogP contribution in [0.3, 0.4) is 0 Å². The molecule has 2 heterocycles. The van der Waals surface area contributed by atoms with E-state index < -0.39 is 24.2 Å². The predicted molar refractivity (Wildman–Crippen MR) is 61.6 cm³/mol. The molecular formula is C11H16N2O5. The summed E-state index contributed by atoms with van der Waals surface area (Å²) in [5.74, 6) is -0.419. The molecule has 0 unspecified atom stereocenters. The Bertz CT molecular complexity index is 373. The van der Waals surface area contributed by atoms with E-state index in [-0.39, 0.29) is 13.2 Å². The van der Waals surface area contributed by atoms with Crippen molar-refractivity contribution < 1.29 is 24.9 Å². The molecule has 7 nitrogen and oxygen atoms in total. The largest absolute Gasteiger partial charge is 0.394 e. The molecule has 1 aromatic rings. The highest BCUT2D eigenvalue weighted by Gasteiger charge is 2.33. The maximum Gasteiger partial charge on any atom is 0.248 e. The Balaban J connectivity index is 0.000000180. The van der Waals surface area contributed by atoms with Crippen molar-refractivity contribution in [1.82, 2.24) is 4.98 Å². The number of pyridine rings is 1. The third-order valence-electron chi connectivity index (χ3n) is 2.40. The number of aromatic nitrogens is 1. The maximum absolute atomic E-state index is 10.4. The minimum atomic E-state index is -0.921. The SMILES string of the molecule is NC(=O)c1ccncc1.OC[C@H]1OC[C@H](O)[C@@H]1O. The average molecular weight is 256 g/mol. The van der Waals surface area contributed by atoms with Gasteiger partial charge in [-0.05, 0) is 12.1 Å². The van der Waals surface area contributed by atoms with Crippen LogP contribution in [0.15, 0.2) is 24.5 Å². The molecule has 1 aliphatic heterocycles. The summed E-state index contributed by atoms with van der Waals surface area (Å²) in [5, 5.41) is 26.2. The van der Waals surface area contributed by atoms with Crippen molar-refractivity contribution in [2.24, 2.45) is 5.73 Å². The molecule has 3 atom stereocenters. The van der Waals surface area contributed by atoms with Gasteiger partial charge in [-0.1, -0.05) is 0 Å². The molecule has 18 heavy (non-hydrogen) atoms. The number of aliphatic hydroxyl groups excluding tert-OH is 3. The molecule has 1 fully saturated rings. The van der Waals surface area contributed by atoms with Crippen molar-refractivity contribution in [2.75, 3.05) is 13.2 Å². The fourth-order valence-electron chi connectivity index (χ4n) is 1.34. The van der Waals surface area contributed by atoms with Crippen LogP contribution in [-0.4, -0.2) is 57.7 Å². The zero-order valence-corrected chi connectivity index (χ0v) is 9.64. The van der Waals surface area contributed by atoms with Gasteiger partial charge in [-0.3, -0.25) is 9.78 Å². The number of nitrogens with two attached hydrogens (primary N) is 1. The van der Waals surface area contributed by atoms with Crippen molar-refractivity contribution in [3.63, 3.8) is 0 Å². The van der Waals surface area contributed by atoms with Gasteiger partial charge in [-0.2, -0.15) is 0 Å². The van der Waals surface area contributed by atoms with Gasteiger partial charge >= 0.3 is 0 Å². The van der Waals surface area contributed by atoms with Crippen LogP contribution in [0.1, 0.15) is 10.4 Å². The molecule has 0 spiro atoms. The molecule has 0 saturated carbocycles. The Morgan fingerprint density at radius 3 is 2.33 bits per heavy atom. The van der Waals surface area contributed by atoms with Gasteiger partial charge < -0.3 is 25.8 Å². The van der Waals surface area contributed by atoms with Gasteiger partial charge in [0.05, 0.1) is 13.2 Å². The summed E-state index contributed by atoms with van der Waals surface area (Å²) in [6.45, 7) is -0.120. The van der Waals surface area contributed by atoms with E-state index in [9.17, 15) is 4.79 Å². The highest BCUT2D eigenvalue weighted by atomic mass is 16.5. The minimum absolute atomic E-state index is 0.117. The Kier molecular flexibility index (Phi) is 5.66. The summed E-state index contributed by atoms with van der Waals surface area (Å²) in [5.41, 5.74) is 5.44. The molecule has 5 N–H and O–H groups in total. The number of nitrogens with zero attached hydrogens (tertiary/aromatic N) is 1. The predicted octanol–water partition coefficient (Wildman–Crippen LogP) is -1.72. The second-order valence-electron chi connectivity index (χ2n) is 3.71. The number of rotatable bonds is 2. The number of hydrogen-bond acceptors (Lipinski definition) is 6. The Morgan fingerprint density at radius 2 is 2.06 bits per heavy atom. The zero-order chi connectivity index (χ0) is 13.5. The molecule has 0 aromatic carbocycles. The summed E-state index contributed by atoms with van der Waals surface area (Å²) in [6.07, 6.45) is 0.706. The van der Waals surface area contributed by atoms with Gasteiger partial charge in [0, 0.05) is 18.0 Å². The van der Waals surface area contributed by atoms with Crippen molar-refractivity contribution in [2.45, 2.75) is 18.3 Å². The first kappa shape index (κ1) is 14.5. The highest BCUT2D eigenvalue weighted by molar-refractivity contribution is 5.92. The maximum atomic E-state index is 10.4. The molecule has 0 radical (unpaired) electrons. The van der Waals surface area contributed by atoms with Crippen LogP contribution in [0.2, 0.25) is 0 Å². The van der Waals surface area contributed by atoms with E-state index in [4.69, 9.17) is 25.8 Å². The molecule has 0 aliphatic carbocycles. The van der Waals surface area contributed by atoms with E-state index in [1.54, 1.807) is 12.1 Å². The summed E-state index contributed by atoms with van der Waals surface area (Å²) in [6, 6.07) is 3.14. The van der Waals surface area contributed by atoms with E-state index >= 15 is 0 Å². The minimum Gasteiger partial charge on any atom is -0.394 e. The van der Waals surface area contributed by atoms with Gasteiger partial charge in [0.25, 0.3) is 0 Å². The topological polar surface area (TPSA) is 126 Å². The summed E-state index contributed by atoms with van der Waals surface area (Å²) < 4.78 is 4.78. The summed E-state index contributed by atoms with van der Waals surface area (Å²) >= 11 is 0. The van der Waals surface area contributed by atoms with Gasteiger partial charge in [0.15, 0.2) is 0 Å². The van der Waals surface area contributed by atoms with Gasteiger partial charge in [-0.25, -0.2) is 0 Å². The van der Waals surface area contributed by atoms with Gasteiger partial charge in [-0.15, -0.1) is 0 Å². The number of carbonyl (C=O) groups is 1. The lowest BCUT2D eigenvalue weighted by Gasteiger charge is -2.10. The van der Waals surface area contributed by atoms with Crippen LogP contribution < -0.4 is 5.73 Å². The molecular weight excluding hydrogens is 240 g/mol. The fourth-order valence-corrected chi connectivity index (χ4v) is 1.34. The lowest BCUT2D eigenvalue weighted by molar-refractivity contribution is -0.00588. The smallest absolute Gasteiger partial charge is 0.248 e. The molecule has 7 heteroatoms. The lowest BCUT2D eigenvalue weighted by atomic mass is 10.2. The van der Waals surface area contributed by atoms with Crippen LogP contribution in [0.25, 0.3) is 0 Å². The molecule has 1 amide bonds. The molecule has 100 valence electrons. The molecule has 2 rings (SSSR count). The van der Waals surface area contributed by atoms with Crippen molar-refractivity contribution in [1.29, 1.82) is 0 Å². The van der Waals surface area contributed by atoms with E-state index in [0.717, 1.165) is 0 Å². The molecule has 0 bridgehead atoms. The van der Waals surface area contributed by atoms with Gasteiger partial charge in [0.1, 0.15) is 18.3 Å². The first-order valence-electron chi connectivity index (χ1n) is 5.34. The van der Waals surface area contributed by atoms with Gasteiger partial charge in [0.2, 0.25) is 5.91 Å². The van der Waals surface area contributed by atoms with Crippen LogP contribution in [0.4, 0.5) is 0 Å². The number of hydrogen-bond donors (Lipinski definition) is 4. The monoisotopic (exact) mass is 256 g/mol. The standard InChI is InChI=1S/C6H6N2O.C5H10O4/c7-6(9)5-1-3-8-4-2-5;6-1-4-5(8)3(7)2-9-4/h1-4H,(H2,7,9);3-8H,1-2H2/t;3-,4+,5-/m.0/s1. The number of carbonyl (C=O) groups excluding carboxylic acids is 1. The van der Waals surface area contributed by atoms with Crippen LogP contribution in [0, 0.1) is 0 Å². The first-order chi connectivity index (χ1) is 8.56. The third kappa shape index (κ3) is 4.04. The van der Waals surface area contributed by atoms with E-state index in [2.05, 4.69) is 4.98 Å². The Hall–Kier alpha value is -1.54. The van der Waals surface area contributed by atoms with E-state index in [0.29, 0.717) is 5.56 Å². The summed E-state index contributed by atoms with van der Waals surface area (Å²) in [7, 11) is 0. The quantitative estimate of drug-likeness (QED) is 0.498. The van der Waals surface area contributed by atoms with Crippen LogP contribution in [0.5, 0.6) is 0 Å². The molecule has 1 aromatic heterocycles. The number of amides is 1. The molecule has 1 saturated heterocycles. The fraction of sp³-hybridized carbons (Fsp3) is 0.455. The van der Waals surface area contributed by atoms with Crippen molar-refractivity contribution in [3.8, 4) is 0 Å². The zero-order valence-electron chi connectivity index (χ0n) is 9.64. The third-order valence-corrected chi connectivity index (χ3v) is 2.40. The van der Waals surface area contributed by atoms with Crippen molar-refractivity contribution >= 4 is 5.91 Å². The lowest BCUT2D eigenvalue weighted by Crippen LogP contribution is -2.31. The second-order valence-corrected chi connectivity index (χ2v) is 3.71. The van der Waals surface area contributed by atoms with E-state index in [1.807, 2.05) is 0 Å². The van der Waals surface area contributed by atoms with Crippen molar-refractivity contribution in [3.05, 3.63) is 30.1 Å². The number of ether oxygens (including phenoxy) is 1. The van der Waals surface area contributed by atoms with Crippen LogP contribution >= 0.6 is 0 Å². The highest BCUT2D eigenvalue weighted by Crippen LogP contribution is 2.12. The summed E-state index contributed by atoms with van der Waals surface area (Å²) in [4.78, 5) is 14.1. The Labute approximate surface area is 104 Å². The molecule has 1 aliphatic rings. The average Bonchev–Trinajstić information content (AvgIpc) is 2.71.